The van der Waals surface area contributed by atoms with Crippen LogP contribution in [0.5, 0.6) is 0 Å². The van der Waals surface area contributed by atoms with Crippen molar-refractivity contribution in [3.8, 4) is 0 Å². The molecule has 3 aromatic rings. The van der Waals surface area contributed by atoms with Gasteiger partial charge in [-0.2, -0.15) is 0 Å². The molecule has 0 spiro atoms. The van der Waals surface area contributed by atoms with Crippen LogP contribution < -0.4 is 39.3 Å². The van der Waals surface area contributed by atoms with Crippen molar-refractivity contribution in [3.63, 3.8) is 0 Å². The van der Waals surface area contributed by atoms with Gasteiger partial charge in [-0.1, -0.05) is 110 Å². The first kappa shape index (κ1) is 55.6. The highest BCUT2D eigenvalue weighted by Crippen LogP contribution is 2.13. The normalized spacial score (nSPS) is 12.4. The highest BCUT2D eigenvalue weighted by molar-refractivity contribution is 5.87. The molecule has 0 saturated heterocycles. The summed E-state index contributed by atoms with van der Waals surface area (Å²) in [5.41, 5.74) is 32.4. The van der Waals surface area contributed by atoms with Gasteiger partial charge in [0, 0.05) is 57.0 Å². The topological polar surface area (TPSA) is 266 Å². The smallest absolute Gasteiger partial charge is 0.239 e. The summed E-state index contributed by atoms with van der Waals surface area (Å²) in [6.07, 6.45) is 7.65. The number of hydrogen-bond acceptors (Lipinski definition) is 10. The first-order chi connectivity index (χ1) is 32.4. The molecule has 368 valence electrons. The zero-order chi connectivity index (χ0) is 48.7. The van der Waals surface area contributed by atoms with E-state index in [9.17, 15) is 28.8 Å². The summed E-state index contributed by atoms with van der Waals surface area (Å²) >= 11 is 0. The molecule has 0 aromatic heterocycles. The van der Waals surface area contributed by atoms with Crippen LogP contribution in [0.4, 0.5) is 0 Å². The number of nitrogens with one attached hydrogen (secondary N) is 2. The molecular weight excluding hydrogens is 849 g/mol. The van der Waals surface area contributed by atoms with Crippen LogP contribution in [0.1, 0.15) is 93.7 Å². The SMILES string of the molecule is NCCCC[C@@H](N)CN(CC(=O)N[C@H](CCCCN)CN(CC(=O)N[C@H](CCCCN)CN(CC(N)=O)C(=O)CCc1ccccc1)C(=O)CCc1ccccc1)C(=O)CCc1ccccc1. The number of unbranched alkanes of at least 4 members (excludes halogenated alkanes) is 3. The maximum Gasteiger partial charge on any atom is 0.239 e. The summed E-state index contributed by atoms with van der Waals surface area (Å²) in [6, 6.07) is 27.2. The summed E-state index contributed by atoms with van der Waals surface area (Å²) in [4.78, 5) is 86.1. The van der Waals surface area contributed by atoms with Gasteiger partial charge in [0.2, 0.25) is 35.4 Å². The zero-order valence-electron chi connectivity index (χ0n) is 39.5. The third kappa shape index (κ3) is 24.1. The van der Waals surface area contributed by atoms with Crippen molar-refractivity contribution in [2.24, 2.45) is 28.7 Å². The second-order valence-electron chi connectivity index (χ2n) is 17.4. The van der Waals surface area contributed by atoms with E-state index >= 15 is 0 Å². The Morgan fingerprint density at radius 1 is 0.448 bits per heavy atom. The molecule has 0 fully saturated rings. The Labute approximate surface area is 398 Å². The third-order valence-corrected chi connectivity index (χ3v) is 11.6. The van der Waals surface area contributed by atoms with Crippen molar-refractivity contribution < 1.29 is 28.8 Å². The number of carbonyl (C=O) groups excluding carboxylic acids is 6. The van der Waals surface area contributed by atoms with Crippen LogP contribution in [0.3, 0.4) is 0 Å². The van der Waals surface area contributed by atoms with Gasteiger partial charge in [0.25, 0.3) is 0 Å². The number of nitrogens with zero attached hydrogens (tertiary/aromatic N) is 3. The van der Waals surface area contributed by atoms with E-state index in [1.54, 1.807) is 0 Å². The lowest BCUT2D eigenvalue weighted by molar-refractivity contribution is -0.138. The average Bonchev–Trinajstić information content (AvgIpc) is 3.32. The number of amides is 6. The molecule has 16 heteroatoms. The van der Waals surface area contributed by atoms with Gasteiger partial charge in [0.05, 0.1) is 19.6 Å². The van der Waals surface area contributed by atoms with Crippen molar-refractivity contribution in [1.82, 2.24) is 25.3 Å². The van der Waals surface area contributed by atoms with Crippen LogP contribution in [0.2, 0.25) is 0 Å². The molecular formula is C51H78N10O6. The standard InChI is InChI=1S/C51H78N10O6/c52-31-13-10-22-43(55)34-59(49(65)28-25-40-16-4-1-5-17-40)38-47(63)58-45(24-12-15-33-54)36-61(51(67)30-27-42-20-8-3-9-21-42)39-48(64)57-44(23-11-14-32-53)35-60(37-46(56)62)50(66)29-26-41-18-6-2-7-19-41/h1-9,16-21,43-45H,10-15,22-39,52-55H2,(H2,56,62)(H,57,64)(H,58,63)/t43-,44-,45-/m1/s1. The molecule has 0 aliphatic rings. The van der Waals surface area contributed by atoms with Crippen LogP contribution in [0.25, 0.3) is 0 Å². The Bertz CT molecular complexity index is 1890. The van der Waals surface area contributed by atoms with Crippen molar-refractivity contribution in [2.45, 2.75) is 114 Å². The Balaban J connectivity index is 1.84. The van der Waals surface area contributed by atoms with Crippen molar-refractivity contribution >= 4 is 35.4 Å². The van der Waals surface area contributed by atoms with Gasteiger partial charge in [-0.25, -0.2) is 0 Å². The van der Waals surface area contributed by atoms with Gasteiger partial charge in [-0.05, 0) is 94.1 Å². The van der Waals surface area contributed by atoms with Crippen molar-refractivity contribution in [2.75, 3.05) is 58.9 Å². The summed E-state index contributed by atoms with van der Waals surface area (Å²) in [5, 5.41) is 6.14. The van der Waals surface area contributed by atoms with Crippen LogP contribution in [0.15, 0.2) is 91.0 Å². The lowest BCUT2D eigenvalue weighted by Crippen LogP contribution is -2.53. The second-order valence-corrected chi connectivity index (χ2v) is 17.4. The predicted molar refractivity (Wildman–Crippen MR) is 264 cm³/mol. The fourth-order valence-corrected chi connectivity index (χ4v) is 7.95. The van der Waals surface area contributed by atoms with Crippen LogP contribution in [0, 0.1) is 0 Å². The Morgan fingerprint density at radius 3 is 1.12 bits per heavy atom. The Kier molecular flexibility index (Phi) is 27.3. The Hall–Kier alpha value is -5.68. The van der Waals surface area contributed by atoms with E-state index in [0.717, 1.165) is 29.5 Å². The second kappa shape index (κ2) is 32.9. The minimum Gasteiger partial charge on any atom is -0.368 e. The lowest BCUT2D eigenvalue weighted by Gasteiger charge is -2.31. The fraction of sp³-hybridized carbons (Fsp3) is 0.529. The third-order valence-electron chi connectivity index (χ3n) is 11.6. The molecule has 16 nitrogen and oxygen atoms in total. The summed E-state index contributed by atoms with van der Waals surface area (Å²) in [6.45, 7) is 0.761. The van der Waals surface area contributed by atoms with E-state index in [1.165, 1.54) is 14.7 Å². The van der Waals surface area contributed by atoms with E-state index in [0.29, 0.717) is 83.8 Å². The molecule has 0 heterocycles. The van der Waals surface area contributed by atoms with Gasteiger partial charge < -0.3 is 54.0 Å². The maximum absolute atomic E-state index is 14.2. The highest BCUT2D eigenvalue weighted by atomic mass is 16.2. The molecule has 0 unspecified atom stereocenters. The van der Waals surface area contributed by atoms with Crippen molar-refractivity contribution in [3.05, 3.63) is 108 Å². The monoisotopic (exact) mass is 927 g/mol. The van der Waals surface area contributed by atoms with Gasteiger partial charge in [-0.3, -0.25) is 28.8 Å². The average molecular weight is 927 g/mol. The first-order valence-electron chi connectivity index (χ1n) is 24.1. The first-order valence-corrected chi connectivity index (χ1v) is 24.1. The molecule has 3 atom stereocenters. The highest BCUT2D eigenvalue weighted by Gasteiger charge is 2.27. The zero-order valence-corrected chi connectivity index (χ0v) is 39.5. The van der Waals surface area contributed by atoms with Gasteiger partial charge in [0.1, 0.15) is 0 Å². The molecule has 0 aliphatic carbocycles. The lowest BCUT2D eigenvalue weighted by atomic mass is 10.1. The van der Waals surface area contributed by atoms with Crippen LogP contribution in [-0.2, 0) is 48.0 Å². The number of primary amides is 1. The van der Waals surface area contributed by atoms with E-state index in [2.05, 4.69) is 10.6 Å². The quantitative estimate of drug-likeness (QED) is 0.0424. The number of hydrogen-bond donors (Lipinski definition) is 7. The molecule has 12 N–H and O–H groups in total. The molecule has 3 aromatic carbocycles. The van der Waals surface area contributed by atoms with E-state index in [-0.39, 0.29) is 82.3 Å². The number of aryl methyl sites for hydroxylation is 3. The van der Waals surface area contributed by atoms with Gasteiger partial charge in [0.15, 0.2) is 0 Å². The number of nitrogens with two attached hydrogens (primary N) is 5. The fourth-order valence-electron chi connectivity index (χ4n) is 7.95. The number of carbonyl (C=O) groups is 6. The molecule has 3 rings (SSSR count). The summed E-state index contributed by atoms with van der Waals surface area (Å²) in [5.74, 6) is -2.32. The molecule has 6 amide bonds. The van der Waals surface area contributed by atoms with E-state index < -0.39 is 29.8 Å². The van der Waals surface area contributed by atoms with Crippen molar-refractivity contribution in [1.29, 1.82) is 0 Å². The molecule has 0 bridgehead atoms. The number of rotatable bonds is 35. The Morgan fingerprint density at radius 2 is 0.776 bits per heavy atom. The summed E-state index contributed by atoms with van der Waals surface area (Å²) in [7, 11) is 0. The minimum atomic E-state index is -0.678. The summed E-state index contributed by atoms with van der Waals surface area (Å²) < 4.78 is 0. The maximum atomic E-state index is 14.2. The molecule has 0 radical (unpaired) electrons. The number of benzene rings is 3. The minimum absolute atomic E-state index is 0.0154. The predicted octanol–water partition coefficient (Wildman–Crippen LogP) is 2.54. The van der Waals surface area contributed by atoms with E-state index in [4.69, 9.17) is 28.7 Å². The molecule has 0 saturated carbocycles. The molecule has 67 heavy (non-hydrogen) atoms. The van der Waals surface area contributed by atoms with E-state index in [1.807, 2.05) is 91.0 Å². The van der Waals surface area contributed by atoms with Crippen LogP contribution >= 0.6 is 0 Å². The largest absolute Gasteiger partial charge is 0.368 e. The van der Waals surface area contributed by atoms with Gasteiger partial charge in [-0.15, -0.1) is 0 Å². The van der Waals surface area contributed by atoms with Gasteiger partial charge >= 0.3 is 0 Å². The van der Waals surface area contributed by atoms with Crippen LogP contribution in [-0.4, -0.2) is 127 Å². The molecule has 0 aliphatic heterocycles.